The minimum absolute atomic E-state index is 0.0411. The van der Waals surface area contributed by atoms with Crippen LogP contribution in [0.3, 0.4) is 0 Å². The molecule has 4 nitrogen and oxygen atoms in total. The molecule has 0 saturated carbocycles. The Morgan fingerprint density at radius 3 is 2.39 bits per heavy atom. The van der Waals surface area contributed by atoms with Crippen molar-refractivity contribution in [2.75, 3.05) is 6.54 Å². The van der Waals surface area contributed by atoms with Crippen LogP contribution in [-0.2, 0) is 11.2 Å². The third kappa shape index (κ3) is 4.20. The van der Waals surface area contributed by atoms with Crippen molar-refractivity contribution in [3.63, 3.8) is 0 Å². The first kappa shape index (κ1) is 14.2. The van der Waals surface area contributed by atoms with Gasteiger partial charge in [0.2, 0.25) is 5.91 Å². The first-order chi connectivity index (χ1) is 8.54. The number of carboxylic acid groups (broad SMARTS) is 1. The molecule has 0 aliphatic rings. The molecule has 0 bridgehead atoms. The van der Waals surface area contributed by atoms with Crippen LogP contribution in [0.4, 0.5) is 0 Å². The molecule has 1 unspecified atom stereocenters. The normalized spacial score (nSPS) is 11.9. The summed E-state index contributed by atoms with van der Waals surface area (Å²) < 4.78 is 0. The highest BCUT2D eigenvalue weighted by molar-refractivity contribution is 5.87. The largest absolute Gasteiger partial charge is 0.478 e. The molecule has 0 spiro atoms. The molecular formula is C14H19NO3. The highest BCUT2D eigenvalue weighted by Gasteiger charge is 2.09. The van der Waals surface area contributed by atoms with E-state index >= 15 is 0 Å². The van der Waals surface area contributed by atoms with E-state index in [2.05, 4.69) is 5.32 Å². The second-order valence-corrected chi connectivity index (χ2v) is 4.35. The minimum Gasteiger partial charge on any atom is -0.478 e. The molecular weight excluding hydrogens is 230 g/mol. The fourth-order valence-corrected chi connectivity index (χ4v) is 1.50. The third-order valence-electron chi connectivity index (χ3n) is 2.97. The van der Waals surface area contributed by atoms with Gasteiger partial charge in [-0.15, -0.1) is 0 Å². The van der Waals surface area contributed by atoms with Crippen LogP contribution in [0.15, 0.2) is 24.3 Å². The summed E-state index contributed by atoms with van der Waals surface area (Å²) in [6.07, 6.45) is 1.54. The van der Waals surface area contributed by atoms with Crippen molar-refractivity contribution in [1.82, 2.24) is 5.32 Å². The van der Waals surface area contributed by atoms with Gasteiger partial charge >= 0.3 is 5.97 Å². The lowest BCUT2D eigenvalue weighted by molar-refractivity contribution is -0.124. The van der Waals surface area contributed by atoms with E-state index in [0.29, 0.717) is 13.0 Å². The molecule has 0 saturated heterocycles. The fraction of sp³-hybridized carbons (Fsp3) is 0.429. The van der Waals surface area contributed by atoms with Crippen LogP contribution < -0.4 is 5.32 Å². The van der Waals surface area contributed by atoms with E-state index in [1.807, 2.05) is 13.8 Å². The Hall–Kier alpha value is -1.84. The number of carbonyl (C=O) groups excluding carboxylic acids is 1. The SMILES string of the molecule is CCC(C)C(=O)NCCc1ccc(C(=O)O)cc1. The number of rotatable bonds is 6. The molecule has 0 radical (unpaired) electrons. The summed E-state index contributed by atoms with van der Waals surface area (Å²) in [6.45, 7) is 4.46. The summed E-state index contributed by atoms with van der Waals surface area (Å²) >= 11 is 0. The van der Waals surface area contributed by atoms with Crippen molar-refractivity contribution >= 4 is 11.9 Å². The summed E-state index contributed by atoms with van der Waals surface area (Å²) in [5, 5.41) is 11.6. The van der Waals surface area contributed by atoms with Crippen molar-refractivity contribution in [2.24, 2.45) is 5.92 Å². The molecule has 0 heterocycles. The van der Waals surface area contributed by atoms with Crippen LogP contribution in [0.5, 0.6) is 0 Å². The van der Waals surface area contributed by atoms with Gasteiger partial charge in [-0.25, -0.2) is 4.79 Å². The molecule has 1 aromatic rings. The zero-order valence-electron chi connectivity index (χ0n) is 10.8. The number of nitrogens with one attached hydrogen (secondary N) is 1. The van der Waals surface area contributed by atoms with E-state index in [-0.39, 0.29) is 17.4 Å². The molecule has 1 atom stereocenters. The smallest absolute Gasteiger partial charge is 0.335 e. The Morgan fingerprint density at radius 2 is 1.89 bits per heavy atom. The topological polar surface area (TPSA) is 66.4 Å². The number of benzene rings is 1. The molecule has 0 fully saturated rings. The van der Waals surface area contributed by atoms with Gasteiger partial charge < -0.3 is 10.4 Å². The Bertz CT molecular complexity index is 412. The van der Waals surface area contributed by atoms with E-state index in [1.54, 1.807) is 24.3 Å². The van der Waals surface area contributed by atoms with E-state index in [1.165, 1.54) is 0 Å². The number of hydrogen-bond acceptors (Lipinski definition) is 2. The number of carbonyl (C=O) groups is 2. The number of amides is 1. The van der Waals surface area contributed by atoms with Crippen molar-refractivity contribution in [1.29, 1.82) is 0 Å². The lowest BCUT2D eigenvalue weighted by atomic mass is 10.1. The minimum atomic E-state index is -0.924. The van der Waals surface area contributed by atoms with Gasteiger partial charge in [0.15, 0.2) is 0 Å². The van der Waals surface area contributed by atoms with Gasteiger partial charge in [-0.2, -0.15) is 0 Å². The average Bonchev–Trinajstić information content (AvgIpc) is 2.38. The number of hydrogen-bond donors (Lipinski definition) is 2. The van der Waals surface area contributed by atoms with Crippen LogP contribution in [0.1, 0.15) is 36.2 Å². The Morgan fingerprint density at radius 1 is 1.28 bits per heavy atom. The van der Waals surface area contributed by atoms with Gasteiger partial charge in [0.05, 0.1) is 5.56 Å². The molecule has 2 N–H and O–H groups in total. The van der Waals surface area contributed by atoms with Crippen molar-refractivity contribution < 1.29 is 14.7 Å². The molecule has 1 aromatic carbocycles. The zero-order chi connectivity index (χ0) is 13.5. The fourth-order valence-electron chi connectivity index (χ4n) is 1.50. The van der Waals surface area contributed by atoms with Crippen molar-refractivity contribution in [2.45, 2.75) is 26.7 Å². The molecule has 98 valence electrons. The predicted octanol–water partition coefficient (Wildman–Crippen LogP) is 2.09. The lowest BCUT2D eigenvalue weighted by Crippen LogP contribution is -2.30. The van der Waals surface area contributed by atoms with Crippen LogP contribution in [-0.4, -0.2) is 23.5 Å². The maximum atomic E-state index is 11.5. The Kier molecular flexibility index (Phi) is 5.36. The molecule has 1 rings (SSSR count). The summed E-state index contributed by atoms with van der Waals surface area (Å²) in [6, 6.07) is 6.71. The Labute approximate surface area is 107 Å². The first-order valence-corrected chi connectivity index (χ1v) is 6.14. The number of aromatic carboxylic acids is 1. The molecule has 0 aliphatic carbocycles. The molecule has 18 heavy (non-hydrogen) atoms. The molecule has 1 amide bonds. The van der Waals surface area contributed by atoms with E-state index in [9.17, 15) is 9.59 Å². The van der Waals surface area contributed by atoms with Gasteiger partial charge in [-0.3, -0.25) is 4.79 Å². The van der Waals surface area contributed by atoms with Gasteiger partial charge in [0.1, 0.15) is 0 Å². The summed E-state index contributed by atoms with van der Waals surface area (Å²) in [5.41, 5.74) is 1.30. The van der Waals surface area contributed by atoms with Crippen LogP contribution in [0.25, 0.3) is 0 Å². The average molecular weight is 249 g/mol. The highest BCUT2D eigenvalue weighted by Crippen LogP contribution is 2.05. The van der Waals surface area contributed by atoms with E-state index in [4.69, 9.17) is 5.11 Å². The van der Waals surface area contributed by atoms with Gasteiger partial charge in [0, 0.05) is 12.5 Å². The van der Waals surface area contributed by atoms with Crippen LogP contribution in [0, 0.1) is 5.92 Å². The predicted molar refractivity (Wildman–Crippen MR) is 69.6 cm³/mol. The summed E-state index contributed by atoms with van der Waals surface area (Å²) in [5.74, 6) is -0.814. The standard InChI is InChI=1S/C14H19NO3/c1-3-10(2)13(16)15-9-8-11-4-6-12(7-5-11)14(17)18/h4-7,10H,3,8-9H2,1-2H3,(H,15,16)(H,17,18). The van der Waals surface area contributed by atoms with E-state index < -0.39 is 5.97 Å². The molecule has 4 heteroatoms. The van der Waals surface area contributed by atoms with Crippen LogP contribution in [0.2, 0.25) is 0 Å². The second kappa shape index (κ2) is 6.79. The third-order valence-corrected chi connectivity index (χ3v) is 2.97. The van der Waals surface area contributed by atoms with Crippen molar-refractivity contribution in [3.8, 4) is 0 Å². The van der Waals surface area contributed by atoms with Crippen LogP contribution >= 0.6 is 0 Å². The molecule has 0 aromatic heterocycles. The highest BCUT2D eigenvalue weighted by atomic mass is 16.4. The Balaban J connectivity index is 2.40. The summed E-state index contributed by atoms with van der Waals surface area (Å²) in [4.78, 5) is 22.2. The van der Waals surface area contributed by atoms with Crippen molar-refractivity contribution in [3.05, 3.63) is 35.4 Å². The second-order valence-electron chi connectivity index (χ2n) is 4.35. The van der Waals surface area contributed by atoms with E-state index in [0.717, 1.165) is 12.0 Å². The lowest BCUT2D eigenvalue weighted by Gasteiger charge is -2.09. The quantitative estimate of drug-likeness (QED) is 0.811. The monoisotopic (exact) mass is 249 g/mol. The first-order valence-electron chi connectivity index (χ1n) is 6.14. The van der Waals surface area contributed by atoms with Gasteiger partial charge in [-0.1, -0.05) is 26.0 Å². The van der Waals surface area contributed by atoms with Gasteiger partial charge in [0.25, 0.3) is 0 Å². The molecule has 0 aliphatic heterocycles. The maximum absolute atomic E-state index is 11.5. The number of carboxylic acids is 1. The van der Waals surface area contributed by atoms with Gasteiger partial charge in [-0.05, 0) is 30.5 Å². The zero-order valence-corrected chi connectivity index (χ0v) is 10.8. The summed E-state index contributed by atoms with van der Waals surface area (Å²) in [7, 11) is 0. The maximum Gasteiger partial charge on any atom is 0.335 e.